The fourth-order valence-electron chi connectivity index (χ4n) is 3.25. The Balaban J connectivity index is 1.95. The van der Waals surface area contributed by atoms with Gasteiger partial charge in [-0.2, -0.15) is 0 Å². The number of carbonyl (C=O) groups excluding carboxylic acids is 1. The van der Waals surface area contributed by atoms with Gasteiger partial charge in [-0.1, -0.05) is 0 Å². The van der Waals surface area contributed by atoms with E-state index in [4.69, 9.17) is 9.47 Å². The van der Waals surface area contributed by atoms with Gasteiger partial charge in [0.15, 0.2) is 28.8 Å². The highest BCUT2D eigenvalue weighted by Gasteiger charge is 2.21. The van der Waals surface area contributed by atoms with Crippen LogP contribution < -0.4 is 9.47 Å². The molecule has 0 bridgehead atoms. The summed E-state index contributed by atoms with van der Waals surface area (Å²) in [4.78, 5) is 13.0. The molecule has 0 heterocycles. The van der Waals surface area contributed by atoms with Gasteiger partial charge >= 0.3 is 0 Å². The molecule has 1 saturated carbocycles. The molecule has 2 aromatic carbocycles. The second kappa shape index (κ2) is 9.05. The third-order valence-electron chi connectivity index (χ3n) is 4.70. The van der Waals surface area contributed by atoms with Crippen LogP contribution in [0.2, 0.25) is 0 Å². The lowest BCUT2D eigenvalue weighted by atomic mass is 9.87. The number of ether oxygens (including phenoxy) is 2. The highest BCUT2D eigenvalue weighted by Crippen LogP contribution is 2.38. The minimum absolute atomic E-state index is 0.0115. The van der Waals surface area contributed by atoms with Crippen LogP contribution in [0.1, 0.15) is 30.4 Å². The molecule has 1 aliphatic carbocycles. The van der Waals surface area contributed by atoms with Gasteiger partial charge in [0.1, 0.15) is 0 Å². The standard InChI is InChI=1S/C22H20Br2O5/c1-28-18-10-12(8-16(23)21(18)26)6-14-4-3-5-15(20(14)25)7-13-9-17(24)22(27)19(11-13)29-2/h6-11,26-27H,3-5H2,1-2H3/b14-6-,15-7-. The van der Waals surface area contributed by atoms with Crippen molar-refractivity contribution in [3.63, 3.8) is 0 Å². The van der Waals surface area contributed by atoms with E-state index >= 15 is 0 Å². The maximum Gasteiger partial charge on any atom is 0.185 e. The van der Waals surface area contributed by atoms with E-state index in [2.05, 4.69) is 31.9 Å². The molecule has 2 aromatic rings. The van der Waals surface area contributed by atoms with Gasteiger partial charge in [-0.3, -0.25) is 4.79 Å². The zero-order chi connectivity index (χ0) is 21.1. The number of benzene rings is 2. The molecule has 1 fully saturated rings. The lowest BCUT2D eigenvalue weighted by molar-refractivity contribution is -0.112. The monoisotopic (exact) mass is 522 g/mol. The number of methoxy groups -OCH3 is 2. The number of hydrogen-bond donors (Lipinski definition) is 2. The Bertz CT molecular complexity index is 945. The summed E-state index contributed by atoms with van der Waals surface area (Å²) in [5.41, 5.74) is 2.94. The summed E-state index contributed by atoms with van der Waals surface area (Å²) in [6.07, 6.45) is 5.88. The molecule has 0 aromatic heterocycles. The second-order valence-electron chi connectivity index (χ2n) is 6.63. The predicted molar refractivity (Wildman–Crippen MR) is 120 cm³/mol. The Morgan fingerprint density at radius 2 is 1.24 bits per heavy atom. The maximum absolute atomic E-state index is 13.0. The summed E-state index contributed by atoms with van der Waals surface area (Å²) >= 11 is 6.62. The number of carbonyl (C=O) groups is 1. The van der Waals surface area contributed by atoms with Crippen LogP contribution in [0.25, 0.3) is 12.2 Å². The number of Topliss-reactive ketones (excluding diaryl/α,β-unsaturated/α-hetero) is 1. The first-order valence-electron chi connectivity index (χ1n) is 8.93. The molecule has 29 heavy (non-hydrogen) atoms. The fourth-order valence-corrected chi connectivity index (χ4v) is 4.17. The third-order valence-corrected chi connectivity index (χ3v) is 5.91. The van der Waals surface area contributed by atoms with Gasteiger partial charge in [-0.15, -0.1) is 0 Å². The topological polar surface area (TPSA) is 76.0 Å². The number of hydrogen-bond acceptors (Lipinski definition) is 5. The van der Waals surface area contributed by atoms with Crippen molar-refractivity contribution in [2.45, 2.75) is 19.3 Å². The molecule has 7 heteroatoms. The minimum Gasteiger partial charge on any atom is -0.503 e. The zero-order valence-electron chi connectivity index (χ0n) is 16.0. The average molecular weight is 524 g/mol. The summed E-state index contributed by atoms with van der Waals surface area (Å²) in [6, 6.07) is 6.89. The predicted octanol–water partition coefficient (Wildman–Crippen LogP) is 5.86. The summed E-state index contributed by atoms with van der Waals surface area (Å²) in [5.74, 6) is 0.717. The Morgan fingerprint density at radius 3 is 1.62 bits per heavy atom. The van der Waals surface area contributed by atoms with Crippen LogP contribution >= 0.6 is 31.9 Å². The van der Waals surface area contributed by atoms with Crippen molar-refractivity contribution >= 4 is 49.8 Å². The summed E-state index contributed by atoms with van der Waals surface area (Å²) in [5, 5.41) is 19.9. The van der Waals surface area contributed by atoms with Crippen molar-refractivity contribution in [3.05, 3.63) is 55.5 Å². The van der Waals surface area contributed by atoms with Crippen LogP contribution in [0.3, 0.4) is 0 Å². The number of allylic oxidation sites excluding steroid dienone is 2. The van der Waals surface area contributed by atoms with E-state index in [9.17, 15) is 15.0 Å². The smallest absolute Gasteiger partial charge is 0.185 e. The van der Waals surface area contributed by atoms with Crippen LogP contribution in [0, 0.1) is 0 Å². The van der Waals surface area contributed by atoms with Crippen molar-refractivity contribution in [2.75, 3.05) is 14.2 Å². The van der Waals surface area contributed by atoms with Crippen molar-refractivity contribution < 1.29 is 24.5 Å². The average Bonchev–Trinajstić information content (AvgIpc) is 2.70. The van der Waals surface area contributed by atoms with Gasteiger partial charge in [0.25, 0.3) is 0 Å². The van der Waals surface area contributed by atoms with Crippen molar-refractivity contribution in [1.82, 2.24) is 0 Å². The van der Waals surface area contributed by atoms with Crippen LogP contribution in [0.4, 0.5) is 0 Å². The molecule has 0 unspecified atom stereocenters. The van der Waals surface area contributed by atoms with E-state index in [-0.39, 0.29) is 17.3 Å². The second-order valence-corrected chi connectivity index (χ2v) is 8.34. The first kappa shape index (κ1) is 21.5. The SMILES string of the molecule is COc1cc(/C=C2/CCC/C(=C/c3cc(Br)c(O)c(OC)c3)C2=O)cc(Br)c1O. The minimum atomic E-state index is -0.0115. The molecule has 152 valence electrons. The summed E-state index contributed by atoms with van der Waals surface area (Å²) in [6.45, 7) is 0. The molecule has 5 nitrogen and oxygen atoms in total. The Labute approximate surface area is 185 Å². The fraction of sp³-hybridized carbons (Fsp3) is 0.227. The number of halogens is 2. The first-order valence-corrected chi connectivity index (χ1v) is 10.5. The van der Waals surface area contributed by atoms with E-state index in [0.717, 1.165) is 17.5 Å². The summed E-state index contributed by atoms with van der Waals surface area (Å²) < 4.78 is 11.4. The Hall–Kier alpha value is -2.25. The van der Waals surface area contributed by atoms with Crippen LogP contribution in [0.5, 0.6) is 23.0 Å². The Morgan fingerprint density at radius 1 is 0.828 bits per heavy atom. The van der Waals surface area contributed by atoms with E-state index in [1.165, 1.54) is 14.2 Å². The van der Waals surface area contributed by atoms with Crippen LogP contribution in [-0.2, 0) is 4.79 Å². The lowest BCUT2D eigenvalue weighted by Gasteiger charge is -2.17. The van der Waals surface area contributed by atoms with E-state index in [1.54, 1.807) is 24.3 Å². The molecule has 0 amide bonds. The van der Waals surface area contributed by atoms with Gasteiger partial charge < -0.3 is 19.7 Å². The third kappa shape index (κ3) is 4.67. The molecular formula is C22H20Br2O5. The molecule has 0 atom stereocenters. The number of aromatic hydroxyl groups is 2. The van der Waals surface area contributed by atoms with Gasteiger partial charge in [0.05, 0.1) is 23.2 Å². The van der Waals surface area contributed by atoms with Crippen LogP contribution in [-0.4, -0.2) is 30.2 Å². The quantitative estimate of drug-likeness (QED) is 0.491. The van der Waals surface area contributed by atoms with Gasteiger partial charge in [-0.25, -0.2) is 0 Å². The van der Waals surface area contributed by atoms with E-state index < -0.39 is 0 Å². The molecule has 0 saturated heterocycles. The highest BCUT2D eigenvalue weighted by atomic mass is 79.9. The van der Waals surface area contributed by atoms with Gasteiger partial charge in [0, 0.05) is 11.1 Å². The van der Waals surface area contributed by atoms with Crippen molar-refractivity contribution in [1.29, 1.82) is 0 Å². The van der Waals surface area contributed by atoms with Crippen LogP contribution in [0.15, 0.2) is 44.4 Å². The zero-order valence-corrected chi connectivity index (χ0v) is 19.1. The van der Waals surface area contributed by atoms with Gasteiger partial charge in [-0.05, 0) is 98.7 Å². The highest BCUT2D eigenvalue weighted by molar-refractivity contribution is 9.10. The van der Waals surface area contributed by atoms with E-state index in [1.807, 2.05) is 12.2 Å². The number of ketones is 1. The first-order chi connectivity index (χ1) is 13.8. The van der Waals surface area contributed by atoms with Crippen molar-refractivity contribution in [3.8, 4) is 23.0 Å². The number of rotatable bonds is 4. The van der Waals surface area contributed by atoms with Crippen molar-refractivity contribution in [2.24, 2.45) is 0 Å². The molecule has 0 spiro atoms. The molecule has 3 rings (SSSR count). The molecular weight excluding hydrogens is 504 g/mol. The Kier molecular flexibility index (Phi) is 6.70. The molecule has 0 radical (unpaired) electrons. The molecule has 2 N–H and O–H groups in total. The number of phenols is 2. The number of phenolic OH excluding ortho intramolecular Hbond substituents is 2. The maximum atomic E-state index is 13.0. The van der Waals surface area contributed by atoms with Gasteiger partial charge in [0.2, 0.25) is 0 Å². The van der Waals surface area contributed by atoms with E-state index in [0.29, 0.717) is 44.4 Å². The largest absolute Gasteiger partial charge is 0.503 e. The molecule has 0 aliphatic heterocycles. The normalized spacial score (nSPS) is 17.0. The summed E-state index contributed by atoms with van der Waals surface area (Å²) in [7, 11) is 2.96. The molecule has 1 aliphatic rings. The lowest BCUT2D eigenvalue weighted by Crippen LogP contribution is -2.12.